The van der Waals surface area contributed by atoms with Gasteiger partial charge in [0.1, 0.15) is 9.22 Å². The van der Waals surface area contributed by atoms with Gasteiger partial charge < -0.3 is 10.5 Å². The fourth-order valence-corrected chi connectivity index (χ4v) is 5.11. The minimum absolute atomic E-state index is 0. The maximum Gasteiger partial charge on any atom is 0.338 e. The molecule has 1 aromatic heterocycles. The Morgan fingerprint density at radius 1 is 1.14 bits per heavy atom. The zero-order valence-electron chi connectivity index (χ0n) is 15.9. The molecule has 29 heavy (non-hydrogen) atoms. The second kappa shape index (κ2) is 9.49. The second-order valence-corrected chi connectivity index (χ2v) is 9.64. The van der Waals surface area contributed by atoms with Crippen LogP contribution in [0.5, 0.6) is 0 Å². The molecule has 0 unspecified atom stereocenters. The number of carbonyl (C=O) groups excluding carboxylic acids is 1. The van der Waals surface area contributed by atoms with Crippen LogP contribution in [-0.2, 0) is 21.1 Å². The minimum atomic E-state index is -3.85. The molecular weight excluding hydrogens is 432 g/mol. The highest BCUT2D eigenvalue weighted by Crippen LogP contribution is 2.31. The summed E-state index contributed by atoms with van der Waals surface area (Å²) in [6, 6.07) is 13.8. The van der Waals surface area contributed by atoms with E-state index in [1.54, 1.807) is 26.0 Å². The van der Waals surface area contributed by atoms with Gasteiger partial charge in [0.25, 0.3) is 0 Å². The smallest absolute Gasteiger partial charge is 0.338 e. The van der Waals surface area contributed by atoms with E-state index in [4.69, 9.17) is 10.5 Å². The Hall–Kier alpha value is -2.26. The van der Waals surface area contributed by atoms with Crippen molar-refractivity contribution in [3.05, 3.63) is 65.3 Å². The van der Waals surface area contributed by atoms with E-state index in [-0.39, 0.29) is 39.7 Å². The average molecular weight is 453 g/mol. The summed E-state index contributed by atoms with van der Waals surface area (Å²) in [7, 11) is -3.85. The van der Waals surface area contributed by atoms with Gasteiger partial charge in [0.05, 0.1) is 22.8 Å². The number of hydrogen-bond donors (Lipinski definition) is 1. The number of benzene rings is 2. The van der Waals surface area contributed by atoms with Crippen LogP contribution in [-0.4, -0.2) is 25.5 Å². The Labute approximate surface area is 180 Å². The highest BCUT2D eigenvalue weighted by atomic mass is 35.5. The quantitative estimate of drug-likeness (QED) is 0.565. The molecule has 0 spiro atoms. The first-order valence-corrected chi connectivity index (χ1v) is 10.9. The number of nitrogens with zero attached hydrogens (tertiary/aromatic N) is 1. The molecule has 2 N–H and O–H groups in total. The lowest BCUT2D eigenvalue weighted by Gasteiger charge is -2.12. The van der Waals surface area contributed by atoms with E-state index in [1.807, 2.05) is 30.3 Å². The Kier molecular flexibility index (Phi) is 7.54. The van der Waals surface area contributed by atoms with Crippen molar-refractivity contribution < 1.29 is 17.9 Å². The molecule has 0 amide bonds. The van der Waals surface area contributed by atoms with E-state index < -0.39 is 15.8 Å². The van der Waals surface area contributed by atoms with Crippen LogP contribution in [0.3, 0.4) is 0 Å². The zero-order valence-corrected chi connectivity index (χ0v) is 18.3. The molecule has 2 aromatic carbocycles. The number of hydrogen-bond acceptors (Lipinski definition) is 7. The highest BCUT2D eigenvalue weighted by Gasteiger charge is 2.24. The first kappa shape index (κ1) is 23.0. The lowest BCUT2D eigenvalue weighted by Crippen LogP contribution is -2.12. The molecule has 3 aromatic rings. The molecule has 6 nitrogen and oxygen atoms in total. The van der Waals surface area contributed by atoms with Crippen molar-refractivity contribution in [3.63, 3.8) is 0 Å². The van der Waals surface area contributed by atoms with Crippen molar-refractivity contribution in [2.45, 2.75) is 35.6 Å². The van der Waals surface area contributed by atoms with Gasteiger partial charge in [-0.25, -0.2) is 18.2 Å². The van der Waals surface area contributed by atoms with Gasteiger partial charge in [-0.3, -0.25) is 0 Å². The van der Waals surface area contributed by atoms with Crippen molar-refractivity contribution >= 4 is 39.6 Å². The molecule has 9 heteroatoms. The average Bonchev–Trinajstić information content (AvgIpc) is 3.18. The molecule has 0 fully saturated rings. The third kappa shape index (κ3) is 5.22. The molecule has 0 aliphatic heterocycles. The predicted molar refractivity (Wildman–Crippen MR) is 115 cm³/mol. The summed E-state index contributed by atoms with van der Waals surface area (Å²) in [5, 5.41) is 0.525. The van der Waals surface area contributed by atoms with Gasteiger partial charge in [0.15, 0.2) is 0 Å². The topological polar surface area (TPSA) is 99.4 Å². The molecule has 0 saturated carbocycles. The van der Waals surface area contributed by atoms with E-state index >= 15 is 0 Å². The van der Waals surface area contributed by atoms with Crippen molar-refractivity contribution in [2.75, 3.05) is 0 Å². The van der Waals surface area contributed by atoms with Crippen LogP contribution in [0.25, 0.3) is 11.1 Å². The van der Waals surface area contributed by atoms with Crippen molar-refractivity contribution in [1.29, 1.82) is 0 Å². The number of thiazole rings is 1. The third-order valence-corrected chi connectivity index (χ3v) is 7.09. The van der Waals surface area contributed by atoms with Gasteiger partial charge in [-0.1, -0.05) is 30.3 Å². The molecule has 0 bridgehead atoms. The highest BCUT2D eigenvalue weighted by molar-refractivity contribution is 7.93. The number of ether oxygens (including phenoxy) is 1. The summed E-state index contributed by atoms with van der Waals surface area (Å²) in [5.41, 5.74) is 7.13. The van der Waals surface area contributed by atoms with Crippen LogP contribution >= 0.6 is 23.7 Å². The van der Waals surface area contributed by atoms with E-state index in [0.717, 1.165) is 16.9 Å². The summed E-state index contributed by atoms with van der Waals surface area (Å²) >= 11 is 1.02. The van der Waals surface area contributed by atoms with E-state index in [2.05, 4.69) is 4.98 Å². The summed E-state index contributed by atoms with van der Waals surface area (Å²) in [6.07, 6.45) is 0.977. The van der Waals surface area contributed by atoms with Crippen LogP contribution in [0.15, 0.2) is 63.8 Å². The van der Waals surface area contributed by atoms with Crippen molar-refractivity contribution in [2.24, 2.45) is 5.73 Å². The summed E-state index contributed by atoms with van der Waals surface area (Å²) in [6.45, 7) is 3.64. The molecule has 0 saturated heterocycles. The summed E-state index contributed by atoms with van der Waals surface area (Å²) in [4.78, 5) is 16.5. The molecule has 0 aliphatic rings. The molecule has 3 rings (SSSR count). The minimum Gasteiger partial charge on any atom is -0.459 e. The first-order chi connectivity index (χ1) is 13.3. The van der Waals surface area contributed by atoms with Gasteiger partial charge in [0, 0.05) is 6.54 Å². The van der Waals surface area contributed by atoms with Crippen LogP contribution in [0, 0.1) is 0 Å². The van der Waals surface area contributed by atoms with Gasteiger partial charge in [-0.05, 0) is 43.2 Å². The fourth-order valence-electron chi connectivity index (χ4n) is 2.58. The normalized spacial score (nSPS) is 11.2. The van der Waals surface area contributed by atoms with Gasteiger partial charge >= 0.3 is 5.97 Å². The Morgan fingerprint density at radius 2 is 1.83 bits per heavy atom. The number of rotatable bonds is 6. The standard InChI is InChI=1S/C20H20N2O4S2.ClH/c1-13(2)26-20(23)16-8-15(14-6-4-3-5-7-14)9-17(10-16)28(24,25)19-12-22-18(11-21)27-19;/h3-10,12-13H,11,21H2,1-2H3;1H. The van der Waals surface area contributed by atoms with Crippen molar-refractivity contribution in [1.82, 2.24) is 4.98 Å². The Bertz CT molecular complexity index is 1100. The van der Waals surface area contributed by atoms with Gasteiger partial charge in [-0.15, -0.1) is 23.7 Å². The van der Waals surface area contributed by atoms with Crippen LogP contribution < -0.4 is 5.73 Å². The molecule has 154 valence electrons. The molecule has 0 radical (unpaired) electrons. The van der Waals surface area contributed by atoms with Crippen LogP contribution in [0.4, 0.5) is 0 Å². The van der Waals surface area contributed by atoms with Crippen LogP contribution in [0.1, 0.15) is 29.2 Å². The molecule has 1 heterocycles. The number of aromatic nitrogens is 1. The SMILES string of the molecule is CC(C)OC(=O)c1cc(-c2ccccc2)cc(S(=O)(=O)c2cnc(CN)s2)c1.Cl. The maximum atomic E-state index is 13.1. The molecule has 0 aliphatic carbocycles. The van der Waals surface area contributed by atoms with E-state index in [9.17, 15) is 13.2 Å². The lowest BCUT2D eigenvalue weighted by molar-refractivity contribution is 0.0377. The number of halogens is 1. The van der Waals surface area contributed by atoms with Crippen molar-refractivity contribution in [3.8, 4) is 11.1 Å². The Morgan fingerprint density at radius 3 is 2.41 bits per heavy atom. The zero-order chi connectivity index (χ0) is 20.3. The molecular formula is C20H21ClN2O4S2. The monoisotopic (exact) mass is 452 g/mol. The van der Waals surface area contributed by atoms with E-state index in [0.29, 0.717) is 10.6 Å². The summed E-state index contributed by atoms with van der Waals surface area (Å²) in [5.74, 6) is -0.573. The number of esters is 1. The summed E-state index contributed by atoms with van der Waals surface area (Å²) < 4.78 is 31.6. The maximum absolute atomic E-state index is 13.1. The second-order valence-electron chi connectivity index (χ2n) is 6.35. The van der Waals surface area contributed by atoms with E-state index in [1.165, 1.54) is 12.3 Å². The predicted octanol–water partition coefficient (Wildman–Crippen LogP) is 4.09. The lowest BCUT2D eigenvalue weighted by atomic mass is 10.0. The number of nitrogens with two attached hydrogens (primary N) is 1. The molecule has 0 atom stereocenters. The largest absolute Gasteiger partial charge is 0.459 e. The first-order valence-electron chi connectivity index (χ1n) is 8.62. The third-order valence-electron chi connectivity index (χ3n) is 3.87. The van der Waals surface area contributed by atoms with Gasteiger partial charge in [0.2, 0.25) is 9.84 Å². The fraction of sp³-hybridized carbons (Fsp3) is 0.200. The van der Waals surface area contributed by atoms with Crippen LogP contribution in [0.2, 0.25) is 0 Å². The number of carbonyl (C=O) groups is 1. The Balaban J connectivity index is 0.00000300. The number of sulfone groups is 1. The van der Waals surface area contributed by atoms with Gasteiger partial charge in [-0.2, -0.15) is 0 Å².